The van der Waals surface area contributed by atoms with Gasteiger partial charge in [-0.1, -0.05) is 12.1 Å². The zero-order chi connectivity index (χ0) is 12.1. The minimum Gasteiger partial charge on any atom is -0.390 e. The predicted molar refractivity (Wildman–Crippen MR) is 63.7 cm³/mol. The summed E-state index contributed by atoms with van der Waals surface area (Å²) in [6.45, 7) is 3.76. The van der Waals surface area contributed by atoms with Crippen LogP contribution in [0.25, 0.3) is 0 Å². The number of rotatable bonds is 3. The fraction of sp³-hybridized carbons (Fsp3) is 0.250. The molecule has 16 heavy (non-hydrogen) atoms. The molecule has 0 spiro atoms. The normalized spacial score (nSPS) is 11.9. The smallest absolute Gasteiger partial charge is 0.365 e. The number of benzene rings is 1. The van der Waals surface area contributed by atoms with Gasteiger partial charge in [-0.25, -0.2) is 10.1 Å². The maximum atomic E-state index is 11.7. The van der Waals surface area contributed by atoms with E-state index in [1.165, 1.54) is 0 Å². The van der Waals surface area contributed by atoms with Crippen LogP contribution in [0, 0.1) is 6.92 Å². The van der Waals surface area contributed by atoms with Gasteiger partial charge in [0.15, 0.2) is 5.70 Å². The predicted octanol–water partition coefficient (Wildman–Crippen LogP) is 0.126. The molecule has 0 fully saturated rings. The van der Waals surface area contributed by atoms with Gasteiger partial charge >= 0.3 is 5.91 Å². The number of carbonyl (C=O) groups is 1. The van der Waals surface area contributed by atoms with Crippen LogP contribution in [-0.4, -0.2) is 13.0 Å². The molecule has 0 atom stereocenters. The molecule has 0 saturated carbocycles. The maximum Gasteiger partial charge on any atom is 0.365 e. The molecular weight excluding hydrogens is 202 g/mol. The molecule has 0 aliphatic carbocycles. The van der Waals surface area contributed by atoms with E-state index in [2.05, 4.69) is 5.32 Å². The number of quaternary nitrogens is 1. The third-order valence-corrected chi connectivity index (χ3v) is 2.38. The van der Waals surface area contributed by atoms with Crippen LogP contribution in [0.1, 0.15) is 12.5 Å². The topological polar surface area (TPSA) is 71.7 Å². The van der Waals surface area contributed by atoms with Crippen molar-refractivity contribution in [2.24, 2.45) is 5.73 Å². The van der Waals surface area contributed by atoms with E-state index in [-0.39, 0.29) is 11.6 Å². The second-order valence-electron chi connectivity index (χ2n) is 3.71. The Bertz CT molecular complexity index is 424. The van der Waals surface area contributed by atoms with Crippen molar-refractivity contribution < 1.29 is 10.1 Å². The third-order valence-electron chi connectivity index (χ3n) is 2.38. The molecule has 0 heterocycles. The molecule has 0 radical (unpaired) electrons. The van der Waals surface area contributed by atoms with Gasteiger partial charge in [0.05, 0.1) is 0 Å². The molecule has 0 aliphatic rings. The quantitative estimate of drug-likeness (QED) is 0.500. The van der Waals surface area contributed by atoms with Crippen LogP contribution in [0.15, 0.2) is 35.7 Å². The summed E-state index contributed by atoms with van der Waals surface area (Å²) >= 11 is 0. The number of primary amides is 1. The molecule has 0 aromatic heterocycles. The van der Waals surface area contributed by atoms with Crippen LogP contribution < -0.4 is 16.4 Å². The largest absolute Gasteiger partial charge is 0.390 e. The lowest BCUT2D eigenvalue weighted by atomic mass is 10.2. The Morgan fingerprint density at radius 1 is 1.44 bits per heavy atom. The molecule has 1 aromatic rings. The maximum absolute atomic E-state index is 11.7. The van der Waals surface area contributed by atoms with E-state index in [0.29, 0.717) is 5.70 Å². The number of allylic oxidation sites excluding steroid dienone is 1. The fourth-order valence-corrected chi connectivity index (χ4v) is 1.31. The Kier molecular flexibility index (Phi) is 4.08. The lowest BCUT2D eigenvalue weighted by Gasteiger charge is -2.04. The van der Waals surface area contributed by atoms with Gasteiger partial charge in [0.1, 0.15) is 5.69 Å². The molecule has 1 amide bonds. The highest BCUT2D eigenvalue weighted by molar-refractivity contribution is 5.86. The monoisotopic (exact) mass is 220 g/mol. The van der Waals surface area contributed by atoms with Crippen molar-refractivity contribution in [2.45, 2.75) is 13.8 Å². The van der Waals surface area contributed by atoms with Crippen molar-refractivity contribution >= 4 is 11.6 Å². The summed E-state index contributed by atoms with van der Waals surface area (Å²) in [4.78, 5) is 11.7. The fourth-order valence-electron chi connectivity index (χ4n) is 1.31. The first-order chi connectivity index (χ1) is 7.54. The molecule has 4 heteroatoms. The molecular formula is C12H18N3O+. The Labute approximate surface area is 95.5 Å². The summed E-state index contributed by atoms with van der Waals surface area (Å²) in [5.41, 5.74) is 8.63. The van der Waals surface area contributed by atoms with Crippen LogP contribution >= 0.6 is 0 Å². The van der Waals surface area contributed by atoms with Crippen LogP contribution in [0.2, 0.25) is 0 Å². The highest BCUT2D eigenvalue weighted by Gasteiger charge is 2.13. The van der Waals surface area contributed by atoms with Crippen LogP contribution in [0.5, 0.6) is 0 Å². The number of hydrogen-bond donors (Lipinski definition) is 3. The molecule has 0 unspecified atom stereocenters. The first-order valence-corrected chi connectivity index (χ1v) is 5.14. The average Bonchev–Trinajstić information content (AvgIpc) is 2.27. The van der Waals surface area contributed by atoms with Crippen molar-refractivity contribution in [1.82, 2.24) is 5.32 Å². The van der Waals surface area contributed by atoms with Gasteiger partial charge in [0.2, 0.25) is 0 Å². The number of hydrogen-bond acceptors (Lipinski definition) is 3. The van der Waals surface area contributed by atoms with E-state index in [9.17, 15) is 4.79 Å². The van der Waals surface area contributed by atoms with Crippen molar-refractivity contribution in [1.29, 1.82) is 0 Å². The molecule has 1 aromatic carbocycles. The first kappa shape index (κ1) is 12.3. The average molecular weight is 220 g/mol. The third kappa shape index (κ3) is 3.10. The number of carbonyl (C=O) groups excluding carboxylic acids is 1. The summed E-state index contributed by atoms with van der Waals surface area (Å²) < 4.78 is 0. The van der Waals surface area contributed by atoms with E-state index < -0.39 is 0 Å². The van der Waals surface area contributed by atoms with Gasteiger partial charge in [0, 0.05) is 18.8 Å². The Balaban J connectivity index is 2.80. The Morgan fingerprint density at radius 3 is 2.69 bits per heavy atom. The van der Waals surface area contributed by atoms with E-state index >= 15 is 0 Å². The molecule has 0 aliphatic heterocycles. The summed E-state index contributed by atoms with van der Waals surface area (Å²) in [6.07, 6.45) is 0. The van der Waals surface area contributed by atoms with Crippen molar-refractivity contribution in [2.75, 3.05) is 7.05 Å². The SMILES string of the molecule is CNC(C)=C(N)C(=O)[NH2+]c1cccc(C)c1. The van der Waals surface area contributed by atoms with E-state index in [4.69, 9.17) is 5.73 Å². The molecule has 0 bridgehead atoms. The van der Waals surface area contributed by atoms with Gasteiger partial charge in [-0.2, -0.15) is 0 Å². The zero-order valence-corrected chi connectivity index (χ0v) is 9.87. The van der Waals surface area contributed by atoms with Crippen molar-refractivity contribution in [3.8, 4) is 0 Å². The minimum absolute atomic E-state index is 0.169. The van der Waals surface area contributed by atoms with Crippen molar-refractivity contribution in [3.63, 3.8) is 0 Å². The molecule has 1 rings (SSSR count). The van der Waals surface area contributed by atoms with Crippen LogP contribution in [-0.2, 0) is 4.79 Å². The molecule has 86 valence electrons. The molecule has 5 N–H and O–H groups in total. The Hall–Kier alpha value is -1.81. The van der Waals surface area contributed by atoms with Crippen LogP contribution in [0.4, 0.5) is 5.69 Å². The highest BCUT2D eigenvalue weighted by Crippen LogP contribution is 2.03. The summed E-state index contributed by atoms with van der Waals surface area (Å²) in [5, 5.41) is 4.40. The van der Waals surface area contributed by atoms with Gasteiger partial charge < -0.3 is 11.1 Å². The lowest BCUT2D eigenvalue weighted by molar-refractivity contribution is -0.479. The second kappa shape index (κ2) is 5.32. The first-order valence-electron chi connectivity index (χ1n) is 5.14. The molecule has 0 saturated heterocycles. The standard InChI is InChI=1S/C12H17N3O/c1-8-5-4-6-10(7-8)15-12(16)11(13)9(2)14-3/h4-7,14H,13H2,1-3H3,(H,15,16)/p+1. The second-order valence-corrected chi connectivity index (χ2v) is 3.71. The summed E-state index contributed by atoms with van der Waals surface area (Å²) in [7, 11) is 1.74. The minimum atomic E-state index is -0.169. The van der Waals surface area contributed by atoms with Gasteiger partial charge in [-0.15, -0.1) is 0 Å². The van der Waals surface area contributed by atoms with Crippen molar-refractivity contribution in [3.05, 3.63) is 41.2 Å². The summed E-state index contributed by atoms with van der Waals surface area (Å²) in [6, 6.07) is 7.73. The zero-order valence-electron chi connectivity index (χ0n) is 9.87. The van der Waals surface area contributed by atoms with E-state index in [1.807, 2.05) is 31.2 Å². The molecule has 4 nitrogen and oxygen atoms in total. The number of nitrogens with two attached hydrogens (primary N) is 2. The number of aryl methyl sites for hydroxylation is 1. The van der Waals surface area contributed by atoms with Crippen LogP contribution in [0.3, 0.4) is 0 Å². The number of amides is 1. The van der Waals surface area contributed by atoms with Gasteiger partial charge in [0.25, 0.3) is 0 Å². The summed E-state index contributed by atoms with van der Waals surface area (Å²) in [5.74, 6) is -0.169. The number of nitrogens with one attached hydrogen (secondary N) is 1. The van der Waals surface area contributed by atoms with E-state index in [1.54, 1.807) is 19.3 Å². The highest BCUT2D eigenvalue weighted by atomic mass is 16.2. The van der Waals surface area contributed by atoms with E-state index in [0.717, 1.165) is 11.3 Å². The van der Waals surface area contributed by atoms with Gasteiger partial charge in [-0.3, -0.25) is 0 Å². The Morgan fingerprint density at radius 2 is 2.12 bits per heavy atom. The van der Waals surface area contributed by atoms with Gasteiger partial charge in [-0.05, 0) is 25.5 Å². The lowest BCUT2D eigenvalue weighted by Crippen LogP contribution is -2.83.